The molecule has 1 amide bonds. The molecule has 0 radical (unpaired) electrons. The van der Waals surface area contributed by atoms with E-state index in [1.54, 1.807) is 17.5 Å². The predicted molar refractivity (Wildman–Crippen MR) is 93.6 cm³/mol. The van der Waals surface area contributed by atoms with Gasteiger partial charge in [0.2, 0.25) is 5.91 Å². The highest BCUT2D eigenvalue weighted by Gasteiger charge is 2.17. The number of carbonyl (C=O) groups excluding carboxylic acids is 1. The summed E-state index contributed by atoms with van der Waals surface area (Å²) in [6.07, 6.45) is 6.76. The van der Waals surface area contributed by atoms with Gasteiger partial charge in [-0.2, -0.15) is 0 Å². The summed E-state index contributed by atoms with van der Waals surface area (Å²) in [6.45, 7) is 0.00550. The molecule has 4 nitrogen and oxygen atoms in total. The van der Waals surface area contributed by atoms with Crippen LogP contribution in [0.15, 0.2) is 34.4 Å². The number of hydrogen-bond donors (Lipinski definition) is 1. The molecule has 1 aromatic heterocycles. The summed E-state index contributed by atoms with van der Waals surface area (Å²) in [7, 11) is 0. The van der Waals surface area contributed by atoms with Crippen LogP contribution < -0.4 is 10.2 Å². The third kappa shape index (κ3) is 4.12. The molecule has 24 heavy (non-hydrogen) atoms. The monoisotopic (exact) mass is 348 g/mol. The number of carbonyl (C=O) groups is 1. The molecule has 3 rings (SSSR count). The number of hydrogen-bond acceptors (Lipinski definition) is 3. The Morgan fingerprint density at radius 2 is 1.83 bits per heavy atom. The number of nitrogens with zero attached hydrogens (tertiary/aromatic N) is 1. The number of rotatable bonds is 4. The average molecular weight is 348 g/mol. The third-order valence-corrected chi connectivity index (χ3v) is 5.21. The lowest BCUT2D eigenvalue weighted by atomic mass is 10.1. The van der Waals surface area contributed by atoms with Gasteiger partial charge in [0.1, 0.15) is 12.4 Å². The lowest BCUT2D eigenvalue weighted by molar-refractivity contribution is -0.122. The third-order valence-electron chi connectivity index (χ3n) is 4.44. The van der Waals surface area contributed by atoms with Crippen LogP contribution in [0.25, 0.3) is 11.3 Å². The van der Waals surface area contributed by atoms with E-state index in [2.05, 4.69) is 5.32 Å². The van der Waals surface area contributed by atoms with Gasteiger partial charge in [-0.25, -0.2) is 4.39 Å². The second-order valence-corrected chi connectivity index (χ2v) is 7.06. The fraction of sp³-hybridized carbons (Fsp3) is 0.444. The van der Waals surface area contributed by atoms with Crippen molar-refractivity contribution in [3.8, 4) is 11.3 Å². The highest BCUT2D eigenvalue weighted by atomic mass is 32.1. The summed E-state index contributed by atoms with van der Waals surface area (Å²) >= 11 is 1.06. The molecular formula is C18H21FN2O2S. The van der Waals surface area contributed by atoms with Gasteiger partial charge in [0.05, 0.1) is 5.69 Å². The summed E-state index contributed by atoms with van der Waals surface area (Å²) in [6, 6.07) is 6.16. The molecule has 1 aromatic carbocycles. The van der Waals surface area contributed by atoms with E-state index in [9.17, 15) is 14.0 Å². The van der Waals surface area contributed by atoms with Crippen LogP contribution in [0, 0.1) is 5.82 Å². The standard InChI is InChI=1S/C18H21FN2O2S/c19-14-9-7-13(8-10-14)16-12-24-18(23)21(16)11-17(22)20-15-5-3-1-2-4-6-15/h7-10,12,15H,1-6,11H2,(H,20,22). The SMILES string of the molecule is O=C(Cn1c(-c2ccc(F)cc2)csc1=O)NC1CCCCCC1. The van der Waals surface area contributed by atoms with Gasteiger partial charge in [-0.15, -0.1) is 0 Å². The Hall–Kier alpha value is -1.95. The minimum Gasteiger partial charge on any atom is -0.352 e. The molecule has 1 saturated carbocycles. The number of thiazole rings is 1. The number of benzene rings is 1. The van der Waals surface area contributed by atoms with E-state index in [1.165, 1.54) is 29.5 Å². The summed E-state index contributed by atoms with van der Waals surface area (Å²) in [5.74, 6) is -0.459. The van der Waals surface area contributed by atoms with Crippen molar-refractivity contribution in [3.05, 3.63) is 45.1 Å². The lowest BCUT2D eigenvalue weighted by Crippen LogP contribution is -2.38. The Kier molecular flexibility index (Phi) is 5.45. The molecular weight excluding hydrogens is 327 g/mol. The molecule has 0 atom stereocenters. The first-order chi connectivity index (χ1) is 11.6. The number of amides is 1. The number of nitrogens with one attached hydrogen (secondary N) is 1. The average Bonchev–Trinajstić information content (AvgIpc) is 2.76. The van der Waals surface area contributed by atoms with Crippen LogP contribution in [0.4, 0.5) is 4.39 Å². The van der Waals surface area contributed by atoms with Gasteiger partial charge in [0.25, 0.3) is 0 Å². The zero-order chi connectivity index (χ0) is 16.9. The van der Waals surface area contributed by atoms with Crippen LogP contribution in [-0.2, 0) is 11.3 Å². The van der Waals surface area contributed by atoms with Crippen molar-refractivity contribution >= 4 is 17.2 Å². The Morgan fingerprint density at radius 3 is 2.50 bits per heavy atom. The number of aromatic nitrogens is 1. The van der Waals surface area contributed by atoms with E-state index >= 15 is 0 Å². The topological polar surface area (TPSA) is 51.1 Å². The van der Waals surface area contributed by atoms with Crippen molar-refractivity contribution < 1.29 is 9.18 Å². The Morgan fingerprint density at radius 1 is 1.17 bits per heavy atom. The Labute approximate surface area is 144 Å². The van der Waals surface area contributed by atoms with Gasteiger partial charge in [-0.1, -0.05) is 37.0 Å². The summed E-state index contributed by atoms with van der Waals surface area (Å²) in [5.41, 5.74) is 1.39. The van der Waals surface area contributed by atoms with Crippen LogP contribution in [0.3, 0.4) is 0 Å². The molecule has 1 heterocycles. The maximum absolute atomic E-state index is 13.1. The molecule has 1 aliphatic rings. The molecule has 128 valence electrons. The zero-order valence-electron chi connectivity index (χ0n) is 13.5. The lowest BCUT2D eigenvalue weighted by Gasteiger charge is -2.17. The maximum Gasteiger partial charge on any atom is 0.308 e. The van der Waals surface area contributed by atoms with E-state index in [4.69, 9.17) is 0 Å². The Bertz CT molecular complexity index is 743. The smallest absolute Gasteiger partial charge is 0.308 e. The molecule has 0 bridgehead atoms. The van der Waals surface area contributed by atoms with Gasteiger partial charge >= 0.3 is 4.87 Å². The fourth-order valence-electron chi connectivity index (χ4n) is 3.17. The molecule has 0 unspecified atom stereocenters. The first-order valence-corrected chi connectivity index (χ1v) is 9.25. The first-order valence-electron chi connectivity index (χ1n) is 8.37. The predicted octanol–water partition coefficient (Wildman–Crippen LogP) is 3.55. The first kappa shape index (κ1) is 16.9. The summed E-state index contributed by atoms with van der Waals surface area (Å²) < 4.78 is 14.5. The largest absolute Gasteiger partial charge is 0.352 e. The maximum atomic E-state index is 13.1. The molecule has 0 saturated heterocycles. The van der Waals surface area contributed by atoms with E-state index in [0.717, 1.165) is 42.6 Å². The fourth-order valence-corrected chi connectivity index (χ4v) is 3.93. The Balaban J connectivity index is 1.72. The quantitative estimate of drug-likeness (QED) is 0.859. The van der Waals surface area contributed by atoms with Gasteiger partial charge in [0, 0.05) is 11.4 Å². The van der Waals surface area contributed by atoms with Crippen LogP contribution in [0.5, 0.6) is 0 Å². The van der Waals surface area contributed by atoms with Crippen molar-refractivity contribution in [2.75, 3.05) is 0 Å². The second-order valence-electron chi connectivity index (χ2n) is 6.24. The molecule has 0 spiro atoms. The second kappa shape index (κ2) is 7.75. The van der Waals surface area contributed by atoms with Crippen LogP contribution >= 0.6 is 11.3 Å². The van der Waals surface area contributed by atoms with Crippen LogP contribution in [0.2, 0.25) is 0 Å². The molecule has 1 aliphatic carbocycles. The highest BCUT2D eigenvalue weighted by molar-refractivity contribution is 7.07. The van der Waals surface area contributed by atoms with Crippen molar-refractivity contribution in [2.24, 2.45) is 0 Å². The minimum absolute atomic E-state index is 0.00550. The van der Waals surface area contributed by atoms with E-state index in [0.29, 0.717) is 5.69 Å². The van der Waals surface area contributed by atoms with Crippen LogP contribution in [0.1, 0.15) is 38.5 Å². The molecule has 1 fully saturated rings. The van der Waals surface area contributed by atoms with Crippen molar-refractivity contribution in [2.45, 2.75) is 51.1 Å². The zero-order valence-corrected chi connectivity index (χ0v) is 14.3. The van der Waals surface area contributed by atoms with Crippen molar-refractivity contribution in [1.29, 1.82) is 0 Å². The summed E-state index contributed by atoms with van der Waals surface area (Å²) in [5, 5.41) is 4.77. The molecule has 1 N–H and O–H groups in total. The van der Waals surface area contributed by atoms with Crippen LogP contribution in [-0.4, -0.2) is 16.5 Å². The van der Waals surface area contributed by atoms with E-state index < -0.39 is 0 Å². The van der Waals surface area contributed by atoms with E-state index in [-0.39, 0.29) is 29.2 Å². The molecule has 0 aliphatic heterocycles. The van der Waals surface area contributed by atoms with Gasteiger partial charge in [-0.3, -0.25) is 14.2 Å². The molecule has 6 heteroatoms. The summed E-state index contributed by atoms with van der Waals surface area (Å²) in [4.78, 5) is 24.3. The normalized spacial score (nSPS) is 15.9. The van der Waals surface area contributed by atoms with E-state index in [1.807, 2.05) is 0 Å². The number of halogens is 1. The van der Waals surface area contributed by atoms with Gasteiger partial charge in [-0.05, 0) is 42.7 Å². The molecule has 2 aromatic rings. The van der Waals surface area contributed by atoms with Gasteiger partial charge in [0.15, 0.2) is 0 Å². The minimum atomic E-state index is -0.325. The van der Waals surface area contributed by atoms with Crippen molar-refractivity contribution in [1.82, 2.24) is 9.88 Å². The van der Waals surface area contributed by atoms with Gasteiger partial charge < -0.3 is 5.32 Å². The van der Waals surface area contributed by atoms with Crippen molar-refractivity contribution in [3.63, 3.8) is 0 Å². The highest BCUT2D eigenvalue weighted by Crippen LogP contribution is 2.21.